The quantitative estimate of drug-likeness (QED) is 0.455. The maximum Gasteiger partial charge on any atom is 0.342 e. The lowest BCUT2D eigenvalue weighted by atomic mass is 9.97. The second-order valence-corrected chi connectivity index (χ2v) is 8.48. The Morgan fingerprint density at radius 1 is 1.13 bits per heavy atom. The van der Waals surface area contributed by atoms with Crippen LogP contribution in [0.5, 0.6) is 11.5 Å². The Kier molecular flexibility index (Phi) is 6.34. The van der Waals surface area contributed by atoms with Gasteiger partial charge in [-0.15, -0.1) is 0 Å². The van der Waals surface area contributed by atoms with Gasteiger partial charge >= 0.3 is 5.97 Å². The highest BCUT2D eigenvalue weighted by molar-refractivity contribution is 5.97. The summed E-state index contributed by atoms with van der Waals surface area (Å²) in [7, 11) is 3.15. The second kappa shape index (κ2) is 8.98. The minimum atomic E-state index is -0.337. The van der Waals surface area contributed by atoms with Crippen molar-refractivity contribution in [2.75, 3.05) is 14.2 Å². The van der Waals surface area contributed by atoms with Crippen LogP contribution in [0.15, 0.2) is 24.3 Å². The predicted molar refractivity (Wildman–Crippen MR) is 112 cm³/mol. The molecule has 6 heteroatoms. The summed E-state index contributed by atoms with van der Waals surface area (Å²) in [6.45, 7) is 2.13. The smallest absolute Gasteiger partial charge is 0.342 e. The first-order valence-electron chi connectivity index (χ1n) is 11.0. The average molecular weight is 417 g/mol. The molecule has 0 bridgehead atoms. The number of hydrogen-bond donors (Lipinski definition) is 0. The number of fused-ring (bicyclic) bond motifs is 1. The number of cyclic esters (lactones) is 1. The first kappa shape index (κ1) is 21.2. The Labute approximate surface area is 178 Å². The number of hydrogen-bond acceptors (Lipinski definition) is 6. The zero-order chi connectivity index (χ0) is 21.1. The lowest BCUT2D eigenvalue weighted by Crippen LogP contribution is -2.40. The molecule has 164 valence electrons. The van der Waals surface area contributed by atoms with Crippen LogP contribution >= 0.6 is 0 Å². The molecule has 0 amide bonds. The van der Waals surface area contributed by atoms with Gasteiger partial charge in [0.05, 0.1) is 26.4 Å². The maximum atomic E-state index is 12.3. The number of carbonyl (C=O) groups is 1. The van der Waals surface area contributed by atoms with Crippen molar-refractivity contribution >= 4 is 5.97 Å². The molecule has 1 spiro atoms. The summed E-state index contributed by atoms with van der Waals surface area (Å²) in [5.41, 5.74) is 1.36. The summed E-state index contributed by atoms with van der Waals surface area (Å²) >= 11 is 0. The molecule has 0 N–H and O–H groups in total. The number of esters is 1. The Hall–Kier alpha value is -2.05. The topological polar surface area (TPSA) is 63.2 Å². The highest BCUT2D eigenvalue weighted by Gasteiger charge is 2.43. The second-order valence-electron chi connectivity index (χ2n) is 8.48. The van der Waals surface area contributed by atoms with E-state index in [1.54, 1.807) is 20.3 Å². The molecule has 2 fully saturated rings. The summed E-state index contributed by atoms with van der Waals surface area (Å²) < 4.78 is 28.7. The van der Waals surface area contributed by atoms with Gasteiger partial charge in [-0.2, -0.15) is 0 Å². The summed E-state index contributed by atoms with van der Waals surface area (Å²) in [5, 5.41) is 0. The summed E-state index contributed by atoms with van der Waals surface area (Å²) in [6.07, 6.45) is 12.4. The third kappa shape index (κ3) is 4.35. The molecule has 30 heavy (non-hydrogen) atoms. The summed E-state index contributed by atoms with van der Waals surface area (Å²) in [5.74, 6) is 0.497. The fourth-order valence-electron chi connectivity index (χ4n) is 4.81. The van der Waals surface area contributed by atoms with Crippen molar-refractivity contribution in [1.29, 1.82) is 0 Å². The van der Waals surface area contributed by atoms with Crippen molar-refractivity contribution in [3.05, 3.63) is 35.4 Å². The van der Waals surface area contributed by atoms with Crippen molar-refractivity contribution in [1.82, 2.24) is 0 Å². The van der Waals surface area contributed by atoms with E-state index in [2.05, 4.69) is 19.1 Å². The van der Waals surface area contributed by atoms with Crippen molar-refractivity contribution < 1.29 is 28.5 Å². The molecule has 6 nitrogen and oxygen atoms in total. The third-order valence-corrected chi connectivity index (χ3v) is 6.34. The molecule has 0 aromatic heterocycles. The van der Waals surface area contributed by atoms with Crippen LogP contribution in [0.1, 0.15) is 80.3 Å². The average Bonchev–Trinajstić information content (AvgIpc) is 3.26. The van der Waals surface area contributed by atoms with Crippen LogP contribution in [0, 0.1) is 0 Å². The zero-order valence-electron chi connectivity index (χ0n) is 18.1. The molecule has 0 aliphatic carbocycles. The fraction of sp³-hybridized carbons (Fsp3) is 0.625. The molecule has 0 radical (unpaired) electrons. The summed E-state index contributed by atoms with van der Waals surface area (Å²) in [4.78, 5) is 12.3. The van der Waals surface area contributed by atoms with Gasteiger partial charge in [0.1, 0.15) is 23.2 Å². The zero-order valence-corrected chi connectivity index (χ0v) is 18.1. The molecular weight excluding hydrogens is 384 g/mol. The van der Waals surface area contributed by atoms with Gasteiger partial charge in [0.15, 0.2) is 5.79 Å². The van der Waals surface area contributed by atoms with Crippen LogP contribution in [0.2, 0.25) is 0 Å². The molecule has 4 rings (SSSR count). The van der Waals surface area contributed by atoms with E-state index in [-0.39, 0.29) is 24.0 Å². The maximum absolute atomic E-state index is 12.3. The van der Waals surface area contributed by atoms with Gasteiger partial charge in [0, 0.05) is 24.5 Å². The van der Waals surface area contributed by atoms with Gasteiger partial charge in [0.2, 0.25) is 0 Å². The lowest BCUT2D eigenvalue weighted by Gasteiger charge is -2.38. The Bertz CT molecular complexity index is 799. The number of carbonyl (C=O) groups excluding carboxylic acids is 1. The first-order valence-corrected chi connectivity index (χ1v) is 11.0. The molecule has 3 aliphatic rings. The van der Waals surface area contributed by atoms with Gasteiger partial charge in [-0.3, -0.25) is 0 Å². The van der Waals surface area contributed by atoms with E-state index in [1.165, 1.54) is 0 Å². The van der Waals surface area contributed by atoms with Gasteiger partial charge in [-0.25, -0.2) is 4.79 Å². The van der Waals surface area contributed by atoms with E-state index in [4.69, 9.17) is 23.7 Å². The number of methoxy groups -OCH3 is 2. The van der Waals surface area contributed by atoms with Crippen molar-refractivity contribution in [3.8, 4) is 11.5 Å². The monoisotopic (exact) mass is 416 g/mol. The van der Waals surface area contributed by atoms with E-state index in [1.807, 2.05) is 6.07 Å². The van der Waals surface area contributed by atoms with E-state index in [0.717, 1.165) is 56.9 Å². The third-order valence-electron chi connectivity index (χ3n) is 6.34. The van der Waals surface area contributed by atoms with E-state index >= 15 is 0 Å². The number of rotatable bonds is 7. The SMILES string of the molecule is COc1cc(OC)c2c(c1)[C@@H](CC/C=C/C[C@@H]1CCC[C@]3(CC[C@H](C)O3)O1)OC2=O. The Morgan fingerprint density at radius 3 is 2.73 bits per heavy atom. The first-order chi connectivity index (χ1) is 14.5. The van der Waals surface area contributed by atoms with Gasteiger partial charge in [0.25, 0.3) is 0 Å². The standard InChI is InChI=1S/C24H32O6/c1-16-11-13-24(29-16)12-7-9-17(30-24)8-5-4-6-10-20-19-14-18(26-2)15-21(27-3)22(19)23(25)28-20/h4-5,14-17,20H,6-13H2,1-3H3/b5-4+/t16-,17+,20+,24+/m0/s1. The Morgan fingerprint density at radius 2 is 2.00 bits per heavy atom. The molecule has 2 saturated heterocycles. The lowest BCUT2D eigenvalue weighted by molar-refractivity contribution is -0.267. The molecular formula is C24H32O6. The van der Waals surface area contributed by atoms with Crippen LogP contribution in [0.3, 0.4) is 0 Å². The number of allylic oxidation sites excluding steroid dienone is 1. The Balaban J connectivity index is 1.30. The van der Waals surface area contributed by atoms with Crippen LogP contribution in [0.4, 0.5) is 0 Å². The number of benzene rings is 1. The van der Waals surface area contributed by atoms with Gasteiger partial charge in [-0.1, -0.05) is 12.2 Å². The van der Waals surface area contributed by atoms with Crippen molar-refractivity contribution in [2.24, 2.45) is 0 Å². The predicted octanol–water partition coefficient (Wildman–Crippen LogP) is 5.11. The fourth-order valence-corrected chi connectivity index (χ4v) is 4.81. The summed E-state index contributed by atoms with van der Waals surface area (Å²) in [6, 6.07) is 3.59. The van der Waals surface area contributed by atoms with Crippen LogP contribution in [0.25, 0.3) is 0 Å². The van der Waals surface area contributed by atoms with E-state index in [0.29, 0.717) is 23.2 Å². The van der Waals surface area contributed by atoms with Crippen LogP contribution in [-0.2, 0) is 14.2 Å². The molecule has 1 aromatic rings. The normalized spacial score (nSPS) is 30.6. The highest BCUT2D eigenvalue weighted by atomic mass is 16.7. The van der Waals surface area contributed by atoms with Crippen LogP contribution < -0.4 is 9.47 Å². The molecule has 3 aliphatic heterocycles. The van der Waals surface area contributed by atoms with Gasteiger partial charge in [-0.05, 0) is 51.5 Å². The molecule has 4 atom stereocenters. The molecule has 0 saturated carbocycles. The van der Waals surface area contributed by atoms with Gasteiger partial charge < -0.3 is 23.7 Å². The molecule has 3 heterocycles. The largest absolute Gasteiger partial charge is 0.497 e. The minimum absolute atomic E-state index is 0.221. The molecule has 1 aromatic carbocycles. The van der Waals surface area contributed by atoms with Crippen molar-refractivity contribution in [3.63, 3.8) is 0 Å². The van der Waals surface area contributed by atoms with Crippen LogP contribution in [-0.4, -0.2) is 38.2 Å². The molecule has 0 unspecified atom stereocenters. The van der Waals surface area contributed by atoms with E-state index < -0.39 is 0 Å². The van der Waals surface area contributed by atoms with Crippen molar-refractivity contribution in [2.45, 2.75) is 82.4 Å². The van der Waals surface area contributed by atoms with E-state index in [9.17, 15) is 4.79 Å². The minimum Gasteiger partial charge on any atom is -0.497 e. The highest BCUT2D eigenvalue weighted by Crippen LogP contribution is 2.42. The number of ether oxygens (including phenoxy) is 5.